The molecule has 0 saturated heterocycles. The molecule has 0 radical (unpaired) electrons. The number of nitrogens with zero attached hydrogens (tertiary/aromatic N) is 3. The van der Waals surface area contributed by atoms with Gasteiger partial charge in [0, 0.05) is 24.4 Å². The summed E-state index contributed by atoms with van der Waals surface area (Å²) in [6.07, 6.45) is 5.72. The Morgan fingerprint density at radius 3 is 3.00 bits per heavy atom. The fourth-order valence-corrected chi connectivity index (χ4v) is 2.95. The number of anilines is 1. The van der Waals surface area contributed by atoms with Gasteiger partial charge < -0.3 is 9.73 Å². The van der Waals surface area contributed by atoms with Crippen LogP contribution in [0.1, 0.15) is 35.0 Å². The van der Waals surface area contributed by atoms with Crippen LogP contribution in [0.15, 0.2) is 47.3 Å². The topological polar surface area (TPSA) is 73.0 Å². The number of hydrogen-bond donors (Lipinski definition) is 1. The summed E-state index contributed by atoms with van der Waals surface area (Å²) in [6.45, 7) is 2.46. The van der Waals surface area contributed by atoms with E-state index < -0.39 is 0 Å². The highest BCUT2D eigenvalue weighted by Gasteiger charge is 2.31. The van der Waals surface area contributed by atoms with Gasteiger partial charge in [-0.1, -0.05) is 6.07 Å². The summed E-state index contributed by atoms with van der Waals surface area (Å²) in [5.41, 5.74) is 2.02. The average Bonchev–Trinajstić information content (AvgIpc) is 3.15. The minimum Gasteiger partial charge on any atom is -0.466 e. The van der Waals surface area contributed by atoms with Crippen LogP contribution in [0.5, 0.6) is 0 Å². The van der Waals surface area contributed by atoms with E-state index in [0.29, 0.717) is 13.0 Å². The molecule has 23 heavy (non-hydrogen) atoms. The Kier molecular flexibility index (Phi) is 3.22. The van der Waals surface area contributed by atoms with E-state index in [9.17, 15) is 4.79 Å². The third-order valence-electron chi connectivity index (χ3n) is 4.05. The van der Waals surface area contributed by atoms with E-state index in [-0.39, 0.29) is 11.8 Å². The molecule has 3 aromatic rings. The lowest BCUT2D eigenvalue weighted by Crippen LogP contribution is -2.24. The number of pyridine rings is 1. The van der Waals surface area contributed by atoms with Crippen molar-refractivity contribution in [2.75, 3.05) is 5.32 Å². The van der Waals surface area contributed by atoms with Gasteiger partial charge in [0.1, 0.15) is 17.3 Å². The lowest BCUT2D eigenvalue weighted by atomic mass is 9.92. The lowest BCUT2D eigenvalue weighted by Gasteiger charge is -2.22. The normalized spacial score (nSPS) is 16.9. The van der Waals surface area contributed by atoms with E-state index >= 15 is 0 Å². The number of nitrogens with one attached hydrogen (secondary N) is 1. The van der Waals surface area contributed by atoms with Gasteiger partial charge in [0.15, 0.2) is 0 Å². The Hall–Kier alpha value is -2.89. The summed E-state index contributed by atoms with van der Waals surface area (Å²) in [5, 5.41) is 7.38. The Morgan fingerprint density at radius 2 is 2.26 bits per heavy atom. The van der Waals surface area contributed by atoms with Crippen molar-refractivity contribution in [3.8, 4) is 0 Å². The third kappa shape index (κ3) is 2.52. The molecule has 4 rings (SSSR count). The summed E-state index contributed by atoms with van der Waals surface area (Å²) < 4.78 is 7.53. The van der Waals surface area contributed by atoms with E-state index in [1.54, 1.807) is 17.1 Å². The number of rotatable bonds is 3. The number of fused-ring (bicyclic) bond motifs is 1. The van der Waals surface area contributed by atoms with E-state index in [2.05, 4.69) is 15.4 Å². The lowest BCUT2D eigenvalue weighted by molar-refractivity contribution is -0.116. The fourth-order valence-electron chi connectivity index (χ4n) is 2.95. The Labute approximate surface area is 133 Å². The molecule has 1 N–H and O–H groups in total. The van der Waals surface area contributed by atoms with Gasteiger partial charge in [-0.2, -0.15) is 5.10 Å². The van der Waals surface area contributed by atoms with Crippen molar-refractivity contribution >= 4 is 11.7 Å². The van der Waals surface area contributed by atoms with Gasteiger partial charge in [-0.15, -0.1) is 0 Å². The second-order valence-corrected chi connectivity index (χ2v) is 5.72. The maximum absolute atomic E-state index is 12.1. The number of aromatic nitrogens is 3. The highest BCUT2D eigenvalue weighted by Crippen LogP contribution is 2.37. The van der Waals surface area contributed by atoms with Crippen LogP contribution in [0.4, 0.5) is 5.82 Å². The third-order valence-corrected chi connectivity index (χ3v) is 4.05. The second kappa shape index (κ2) is 5.39. The predicted octanol–water partition coefficient (Wildman–Crippen LogP) is 2.70. The van der Waals surface area contributed by atoms with Crippen molar-refractivity contribution in [2.45, 2.75) is 25.8 Å². The largest absolute Gasteiger partial charge is 0.466 e. The molecule has 6 heteroatoms. The molecule has 1 unspecified atom stereocenters. The van der Waals surface area contributed by atoms with Crippen LogP contribution >= 0.6 is 0 Å². The molecule has 0 aliphatic carbocycles. The zero-order valence-corrected chi connectivity index (χ0v) is 12.7. The number of carbonyl (C=O) groups excluding carboxylic acids is 1. The molecule has 0 saturated carbocycles. The molecule has 1 amide bonds. The molecular formula is C17H16N4O2. The Bertz CT molecular complexity index is 851. The van der Waals surface area contributed by atoms with Crippen LogP contribution in [0.25, 0.3) is 0 Å². The van der Waals surface area contributed by atoms with Crippen LogP contribution in [0, 0.1) is 6.92 Å². The molecule has 1 aliphatic rings. The highest BCUT2D eigenvalue weighted by atomic mass is 16.3. The first-order chi connectivity index (χ1) is 11.2. The highest BCUT2D eigenvalue weighted by molar-refractivity contribution is 5.94. The molecule has 116 valence electrons. The van der Waals surface area contributed by atoms with E-state index in [0.717, 1.165) is 28.5 Å². The van der Waals surface area contributed by atoms with Crippen molar-refractivity contribution in [3.05, 3.63) is 65.5 Å². The van der Waals surface area contributed by atoms with Crippen molar-refractivity contribution in [2.24, 2.45) is 0 Å². The average molecular weight is 308 g/mol. The number of furan rings is 1. The molecule has 6 nitrogen and oxygen atoms in total. The van der Waals surface area contributed by atoms with Crippen LogP contribution in [-0.2, 0) is 11.3 Å². The first-order valence-electron chi connectivity index (χ1n) is 7.51. The standard InChI is InChI=1S/C17H16N4O2/c1-11-4-5-15(23-11)13-7-16(22)20-17-14(13)9-19-21(17)10-12-3-2-6-18-8-12/h2-6,8-9,13H,7,10H2,1H3,(H,20,22). The molecule has 0 bridgehead atoms. The first kappa shape index (κ1) is 13.8. The molecule has 0 fully saturated rings. The number of hydrogen-bond acceptors (Lipinski definition) is 4. The summed E-state index contributed by atoms with van der Waals surface area (Å²) in [5.74, 6) is 2.28. The minimum atomic E-state index is -0.0879. The van der Waals surface area contributed by atoms with Crippen molar-refractivity contribution in [3.63, 3.8) is 0 Å². The SMILES string of the molecule is Cc1ccc(C2CC(=O)Nc3c2cnn3Cc2cccnc2)o1. The van der Waals surface area contributed by atoms with Crippen LogP contribution in [-0.4, -0.2) is 20.7 Å². The minimum absolute atomic E-state index is 0.0236. The molecule has 3 aromatic heterocycles. The Morgan fingerprint density at radius 1 is 1.35 bits per heavy atom. The van der Waals surface area contributed by atoms with Gasteiger partial charge in [-0.05, 0) is 30.7 Å². The van der Waals surface area contributed by atoms with Gasteiger partial charge >= 0.3 is 0 Å². The smallest absolute Gasteiger partial charge is 0.226 e. The number of carbonyl (C=O) groups is 1. The molecule has 1 atom stereocenters. The summed E-state index contributed by atoms with van der Waals surface area (Å²) >= 11 is 0. The molecule has 0 spiro atoms. The zero-order valence-electron chi connectivity index (χ0n) is 12.7. The van der Waals surface area contributed by atoms with E-state index in [1.165, 1.54) is 0 Å². The second-order valence-electron chi connectivity index (χ2n) is 5.72. The van der Waals surface area contributed by atoms with Gasteiger partial charge in [0.2, 0.25) is 5.91 Å². The fraction of sp³-hybridized carbons (Fsp3) is 0.235. The van der Waals surface area contributed by atoms with Crippen molar-refractivity contribution < 1.29 is 9.21 Å². The number of aryl methyl sites for hydroxylation is 1. The van der Waals surface area contributed by atoms with Gasteiger partial charge in [-0.3, -0.25) is 9.78 Å². The van der Waals surface area contributed by atoms with Crippen molar-refractivity contribution in [1.82, 2.24) is 14.8 Å². The van der Waals surface area contributed by atoms with Crippen molar-refractivity contribution in [1.29, 1.82) is 0 Å². The number of amides is 1. The molecule has 4 heterocycles. The quantitative estimate of drug-likeness (QED) is 0.807. The molecule has 0 aromatic carbocycles. The van der Waals surface area contributed by atoms with Gasteiger partial charge in [0.05, 0.1) is 18.7 Å². The van der Waals surface area contributed by atoms with Crippen LogP contribution in [0.2, 0.25) is 0 Å². The van der Waals surface area contributed by atoms with Crippen LogP contribution in [0.3, 0.4) is 0 Å². The first-order valence-corrected chi connectivity index (χ1v) is 7.51. The van der Waals surface area contributed by atoms with Crippen LogP contribution < -0.4 is 5.32 Å². The Balaban J connectivity index is 1.71. The summed E-state index contributed by atoms with van der Waals surface area (Å²) in [7, 11) is 0. The predicted molar refractivity (Wildman–Crippen MR) is 84.1 cm³/mol. The summed E-state index contributed by atoms with van der Waals surface area (Å²) in [6, 6.07) is 7.72. The molecule has 1 aliphatic heterocycles. The van der Waals surface area contributed by atoms with Gasteiger partial charge in [-0.25, -0.2) is 4.68 Å². The van der Waals surface area contributed by atoms with E-state index in [4.69, 9.17) is 4.42 Å². The monoisotopic (exact) mass is 308 g/mol. The maximum Gasteiger partial charge on any atom is 0.226 e. The summed E-state index contributed by atoms with van der Waals surface area (Å²) in [4.78, 5) is 16.2. The zero-order chi connectivity index (χ0) is 15.8. The van der Waals surface area contributed by atoms with E-state index in [1.807, 2.05) is 37.4 Å². The maximum atomic E-state index is 12.1. The van der Waals surface area contributed by atoms with Gasteiger partial charge in [0.25, 0.3) is 0 Å². The molecular weight excluding hydrogens is 292 g/mol.